The number of rotatable bonds is 0. The summed E-state index contributed by atoms with van der Waals surface area (Å²) >= 11 is 0. The van der Waals surface area contributed by atoms with E-state index in [1.165, 1.54) is 5.56 Å². The minimum absolute atomic E-state index is 0.0381. The minimum atomic E-state index is 0.0381. The number of amides is 2. The molecule has 1 heterocycles. The van der Waals surface area contributed by atoms with Crippen LogP contribution in [0.1, 0.15) is 5.56 Å². The number of fused-ring (bicyclic) bond motifs is 1. The van der Waals surface area contributed by atoms with Gasteiger partial charge in [-0.3, -0.25) is 4.90 Å². The molecule has 1 aromatic carbocycles. The number of hydrogen-bond donors (Lipinski definition) is 1. The number of para-hydroxylation sites is 1. The van der Waals surface area contributed by atoms with Gasteiger partial charge in [-0.15, -0.1) is 0 Å². The minimum Gasteiger partial charge on any atom is -0.330 e. The lowest BCUT2D eigenvalue weighted by molar-refractivity contribution is 0.224. The number of urea groups is 1. The van der Waals surface area contributed by atoms with Crippen molar-refractivity contribution in [2.24, 2.45) is 0 Å². The van der Waals surface area contributed by atoms with Crippen molar-refractivity contribution in [2.45, 2.75) is 6.54 Å². The number of carbonyl (C=O) groups excluding carboxylic acids is 1. The molecule has 0 fully saturated rings. The van der Waals surface area contributed by atoms with Gasteiger partial charge in [-0.2, -0.15) is 0 Å². The predicted octanol–water partition coefficient (Wildman–Crippen LogP) is 1.28. The van der Waals surface area contributed by atoms with Crippen LogP contribution in [0.25, 0.3) is 0 Å². The van der Waals surface area contributed by atoms with Crippen LogP contribution in [0.5, 0.6) is 0 Å². The van der Waals surface area contributed by atoms with E-state index >= 15 is 0 Å². The van der Waals surface area contributed by atoms with Gasteiger partial charge in [0.15, 0.2) is 0 Å². The van der Waals surface area contributed by atoms with Crippen molar-refractivity contribution in [3.8, 4) is 0 Å². The molecule has 2 amide bonds. The molecule has 0 bridgehead atoms. The standard InChI is InChI=1S/C12H17N3O/c1-14(2)12(16)15-8-7-13-9-10-5-3-4-6-11(10)15/h3-6,13H,7-9H2,1-2H3. The molecule has 0 unspecified atom stereocenters. The quantitative estimate of drug-likeness (QED) is 0.713. The fraction of sp³-hybridized carbons (Fsp3) is 0.417. The summed E-state index contributed by atoms with van der Waals surface area (Å²) in [5, 5.41) is 3.31. The third-order valence-corrected chi connectivity index (χ3v) is 2.72. The maximum absolute atomic E-state index is 12.0. The molecular formula is C12H17N3O. The Morgan fingerprint density at radius 2 is 2.12 bits per heavy atom. The summed E-state index contributed by atoms with van der Waals surface area (Å²) in [6, 6.07) is 8.08. The van der Waals surface area contributed by atoms with E-state index in [9.17, 15) is 4.79 Å². The fourth-order valence-corrected chi connectivity index (χ4v) is 1.90. The Morgan fingerprint density at radius 3 is 2.88 bits per heavy atom. The Bertz CT molecular complexity index is 390. The molecule has 1 aromatic rings. The van der Waals surface area contributed by atoms with Gasteiger partial charge in [0.25, 0.3) is 0 Å². The van der Waals surface area contributed by atoms with E-state index in [-0.39, 0.29) is 6.03 Å². The number of benzene rings is 1. The number of anilines is 1. The van der Waals surface area contributed by atoms with Crippen molar-refractivity contribution in [2.75, 3.05) is 32.1 Å². The Labute approximate surface area is 95.8 Å². The van der Waals surface area contributed by atoms with Crippen molar-refractivity contribution >= 4 is 11.7 Å². The van der Waals surface area contributed by atoms with Gasteiger partial charge in [-0.25, -0.2) is 4.79 Å². The lowest BCUT2D eigenvalue weighted by atomic mass is 10.1. The third kappa shape index (κ3) is 2.02. The van der Waals surface area contributed by atoms with Crippen molar-refractivity contribution in [1.82, 2.24) is 10.2 Å². The zero-order valence-corrected chi connectivity index (χ0v) is 9.73. The summed E-state index contributed by atoms with van der Waals surface area (Å²) in [6.07, 6.45) is 0. The highest BCUT2D eigenvalue weighted by molar-refractivity contribution is 5.92. The number of nitrogens with zero attached hydrogens (tertiary/aromatic N) is 2. The van der Waals surface area contributed by atoms with Gasteiger partial charge in [0.1, 0.15) is 0 Å². The molecule has 0 saturated heterocycles. The third-order valence-electron chi connectivity index (χ3n) is 2.72. The van der Waals surface area contributed by atoms with Gasteiger partial charge >= 0.3 is 6.03 Å². The topological polar surface area (TPSA) is 35.6 Å². The second kappa shape index (κ2) is 4.53. The molecule has 0 saturated carbocycles. The summed E-state index contributed by atoms with van der Waals surface area (Å²) in [5.41, 5.74) is 2.20. The first-order valence-electron chi connectivity index (χ1n) is 5.47. The number of nitrogens with one attached hydrogen (secondary N) is 1. The van der Waals surface area contributed by atoms with E-state index in [2.05, 4.69) is 11.4 Å². The van der Waals surface area contributed by atoms with E-state index in [0.717, 1.165) is 18.8 Å². The SMILES string of the molecule is CN(C)C(=O)N1CCNCc2ccccc21. The van der Waals surface area contributed by atoms with Crippen molar-refractivity contribution < 1.29 is 4.79 Å². The maximum Gasteiger partial charge on any atom is 0.324 e. The molecule has 86 valence electrons. The highest BCUT2D eigenvalue weighted by Crippen LogP contribution is 2.22. The van der Waals surface area contributed by atoms with E-state index in [1.54, 1.807) is 19.0 Å². The Balaban J connectivity index is 2.36. The predicted molar refractivity (Wildman–Crippen MR) is 64.6 cm³/mol. The molecule has 4 heteroatoms. The summed E-state index contributed by atoms with van der Waals surface area (Å²) in [6.45, 7) is 2.37. The van der Waals surface area contributed by atoms with Gasteiger partial charge in [0.05, 0.1) is 0 Å². The molecule has 1 aliphatic heterocycles. The van der Waals surface area contributed by atoms with Gasteiger partial charge < -0.3 is 10.2 Å². The molecule has 16 heavy (non-hydrogen) atoms. The summed E-state index contributed by atoms with van der Waals surface area (Å²) in [4.78, 5) is 15.5. The van der Waals surface area contributed by atoms with E-state index < -0.39 is 0 Å². The molecule has 0 aromatic heterocycles. The molecule has 4 nitrogen and oxygen atoms in total. The molecule has 1 aliphatic rings. The summed E-state index contributed by atoms with van der Waals surface area (Å²) in [5.74, 6) is 0. The van der Waals surface area contributed by atoms with Crippen LogP contribution in [-0.4, -0.2) is 38.1 Å². The molecule has 0 aliphatic carbocycles. The van der Waals surface area contributed by atoms with Gasteiger partial charge in [-0.05, 0) is 11.6 Å². The van der Waals surface area contributed by atoms with Crippen LogP contribution >= 0.6 is 0 Å². The van der Waals surface area contributed by atoms with Crippen molar-refractivity contribution in [1.29, 1.82) is 0 Å². The Morgan fingerprint density at radius 1 is 1.38 bits per heavy atom. The average molecular weight is 219 g/mol. The van der Waals surface area contributed by atoms with Gasteiger partial charge in [0.2, 0.25) is 0 Å². The highest BCUT2D eigenvalue weighted by atomic mass is 16.2. The first kappa shape index (κ1) is 11.0. The maximum atomic E-state index is 12.0. The molecule has 0 radical (unpaired) electrons. The van der Waals surface area contributed by atoms with Crippen LogP contribution in [-0.2, 0) is 6.54 Å². The largest absolute Gasteiger partial charge is 0.330 e. The average Bonchev–Trinajstić information content (AvgIpc) is 2.50. The van der Waals surface area contributed by atoms with Crippen LogP contribution in [0, 0.1) is 0 Å². The second-order valence-corrected chi connectivity index (χ2v) is 4.13. The number of carbonyl (C=O) groups is 1. The molecule has 1 N–H and O–H groups in total. The van der Waals surface area contributed by atoms with E-state index in [0.29, 0.717) is 6.54 Å². The zero-order valence-electron chi connectivity index (χ0n) is 9.73. The van der Waals surface area contributed by atoms with Crippen molar-refractivity contribution in [3.63, 3.8) is 0 Å². The summed E-state index contributed by atoms with van der Waals surface area (Å²) in [7, 11) is 3.56. The Kier molecular flexibility index (Phi) is 3.10. The molecule has 0 spiro atoms. The molecule has 0 atom stereocenters. The zero-order chi connectivity index (χ0) is 11.5. The number of hydrogen-bond acceptors (Lipinski definition) is 2. The van der Waals surface area contributed by atoms with Gasteiger partial charge in [0, 0.05) is 39.4 Å². The lowest BCUT2D eigenvalue weighted by Gasteiger charge is -2.25. The Hall–Kier alpha value is -1.55. The van der Waals surface area contributed by atoms with E-state index in [1.807, 2.05) is 23.1 Å². The van der Waals surface area contributed by atoms with E-state index in [4.69, 9.17) is 0 Å². The smallest absolute Gasteiger partial charge is 0.324 e. The van der Waals surface area contributed by atoms with Crippen LogP contribution in [0.15, 0.2) is 24.3 Å². The van der Waals surface area contributed by atoms with Crippen LogP contribution in [0.3, 0.4) is 0 Å². The van der Waals surface area contributed by atoms with Crippen LogP contribution < -0.4 is 10.2 Å². The molecular weight excluding hydrogens is 202 g/mol. The fourth-order valence-electron chi connectivity index (χ4n) is 1.90. The molecule has 2 rings (SSSR count). The van der Waals surface area contributed by atoms with Crippen LogP contribution in [0.4, 0.5) is 10.5 Å². The van der Waals surface area contributed by atoms with Gasteiger partial charge in [-0.1, -0.05) is 18.2 Å². The first-order valence-corrected chi connectivity index (χ1v) is 5.47. The first-order chi connectivity index (χ1) is 7.70. The normalized spacial score (nSPS) is 15.2. The highest BCUT2D eigenvalue weighted by Gasteiger charge is 2.21. The second-order valence-electron chi connectivity index (χ2n) is 4.13. The lowest BCUT2D eigenvalue weighted by Crippen LogP contribution is -2.41. The monoisotopic (exact) mass is 219 g/mol. The van der Waals surface area contributed by atoms with Crippen LogP contribution in [0.2, 0.25) is 0 Å². The van der Waals surface area contributed by atoms with Crippen molar-refractivity contribution in [3.05, 3.63) is 29.8 Å². The summed E-state index contributed by atoms with van der Waals surface area (Å²) < 4.78 is 0.